The summed E-state index contributed by atoms with van der Waals surface area (Å²) in [5, 5.41) is 12.5. The van der Waals surface area contributed by atoms with Crippen molar-refractivity contribution >= 4 is 81.5 Å². The summed E-state index contributed by atoms with van der Waals surface area (Å²) in [5.74, 6) is -3.58. The third kappa shape index (κ3) is 5.65. The number of nitro benzene ring substituents is 1. The lowest BCUT2D eigenvalue weighted by Crippen LogP contribution is -2.46. The molecule has 1 heterocycles. The molecule has 202 valence electrons. The Balaban J connectivity index is 1.82. The number of imide groups is 1. The zero-order valence-electron chi connectivity index (χ0n) is 19.8. The molecule has 0 unspecified atom stereocenters. The van der Waals surface area contributed by atoms with Gasteiger partial charge in [-0.1, -0.05) is 66.2 Å². The number of benzene rings is 2. The largest absolute Gasteiger partial charge is 0.497 e. The summed E-state index contributed by atoms with van der Waals surface area (Å²) in [6, 6.07) is 2.28. The number of esters is 1. The van der Waals surface area contributed by atoms with Gasteiger partial charge in [0.05, 0.1) is 43.3 Å². The maximum Gasteiger partial charge on any atom is 0.329 e. The van der Waals surface area contributed by atoms with Crippen LogP contribution in [0, 0.1) is 10.1 Å². The molecule has 0 bridgehead atoms. The molecular formula is C23H19Cl4N3O8. The van der Waals surface area contributed by atoms with Crippen molar-refractivity contribution in [2.45, 2.75) is 32.2 Å². The molecule has 0 spiro atoms. The van der Waals surface area contributed by atoms with Crippen molar-refractivity contribution in [1.82, 2.24) is 4.90 Å². The summed E-state index contributed by atoms with van der Waals surface area (Å²) >= 11 is 24.4. The first-order valence-corrected chi connectivity index (χ1v) is 12.5. The van der Waals surface area contributed by atoms with E-state index in [4.69, 9.17) is 55.9 Å². The fourth-order valence-electron chi connectivity index (χ4n) is 3.72. The van der Waals surface area contributed by atoms with Crippen molar-refractivity contribution in [2.75, 3.05) is 19.0 Å². The van der Waals surface area contributed by atoms with Crippen LogP contribution in [0.25, 0.3) is 0 Å². The number of ether oxygens (including phenoxy) is 2. The zero-order chi connectivity index (χ0) is 28.3. The predicted molar refractivity (Wildman–Crippen MR) is 140 cm³/mol. The maximum atomic E-state index is 13.2. The van der Waals surface area contributed by atoms with Crippen LogP contribution in [0.4, 0.5) is 11.4 Å². The van der Waals surface area contributed by atoms with Gasteiger partial charge in [-0.2, -0.15) is 0 Å². The number of rotatable bonds is 10. The molecule has 0 saturated carbocycles. The molecule has 1 N–H and O–H groups in total. The van der Waals surface area contributed by atoms with E-state index in [9.17, 15) is 29.3 Å². The maximum absolute atomic E-state index is 13.2. The minimum Gasteiger partial charge on any atom is -0.497 e. The van der Waals surface area contributed by atoms with Crippen LogP contribution in [0.5, 0.6) is 5.75 Å². The van der Waals surface area contributed by atoms with Gasteiger partial charge in [0.25, 0.3) is 23.4 Å². The Hall–Kier alpha value is -3.12. The average molecular weight is 607 g/mol. The van der Waals surface area contributed by atoms with Gasteiger partial charge >= 0.3 is 5.97 Å². The quantitative estimate of drug-likeness (QED) is 0.0924. The van der Waals surface area contributed by atoms with E-state index in [0.29, 0.717) is 17.7 Å². The van der Waals surface area contributed by atoms with Crippen molar-refractivity contribution in [3.8, 4) is 5.75 Å². The van der Waals surface area contributed by atoms with E-state index in [0.717, 1.165) is 6.07 Å². The van der Waals surface area contributed by atoms with Crippen LogP contribution in [-0.4, -0.2) is 53.3 Å². The van der Waals surface area contributed by atoms with Gasteiger partial charge in [0.2, 0.25) is 0 Å². The molecule has 0 aliphatic carbocycles. The first kappa shape index (κ1) is 29.4. The molecule has 0 saturated heterocycles. The normalized spacial score (nSPS) is 13.3. The predicted octanol–water partition coefficient (Wildman–Crippen LogP) is 5.55. The van der Waals surface area contributed by atoms with Gasteiger partial charge < -0.3 is 14.8 Å². The Morgan fingerprint density at radius 2 is 1.63 bits per heavy atom. The molecule has 2 aromatic rings. The SMILES string of the molecule is CCCC[C@@H](C(=O)OCC(=O)Nc1cc(OC)ccc1[N+](=O)[O-])N1C(=O)c2c(Cl)c(Cl)c(Cl)c(Cl)c2C1=O. The highest BCUT2D eigenvalue weighted by molar-refractivity contribution is 6.55. The molecule has 1 aliphatic heterocycles. The Morgan fingerprint density at radius 3 is 2.13 bits per heavy atom. The summed E-state index contributed by atoms with van der Waals surface area (Å²) in [6.07, 6.45) is 1.03. The van der Waals surface area contributed by atoms with Gasteiger partial charge in [-0.05, 0) is 12.5 Å². The number of halogens is 4. The molecule has 15 heteroatoms. The Morgan fingerprint density at radius 1 is 1.05 bits per heavy atom. The number of nitro groups is 1. The molecule has 3 amide bonds. The molecular weight excluding hydrogens is 588 g/mol. The molecule has 1 atom stereocenters. The van der Waals surface area contributed by atoms with Crippen molar-refractivity contribution in [2.24, 2.45) is 0 Å². The third-order valence-corrected chi connectivity index (χ3v) is 7.37. The molecule has 11 nitrogen and oxygen atoms in total. The minimum absolute atomic E-state index is 0.0144. The fourth-order valence-corrected chi connectivity index (χ4v) is 4.73. The number of carbonyl (C=O) groups is 4. The fraction of sp³-hybridized carbons (Fsp3) is 0.304. The van der Waals surface area contributed by atoms with E-state index in [-0.39, 0.29) is 49.1 Å². The number of amides is 3. The van der Waals surface area contributed by atoms with Crippen LogP contribution in [0.2, 0.25) is 20.1 Å². The number of hydrogen-bond donors (Lipinski definition) is 1. The Kier molecular flexibility index (Phi) is 9.42. The number of hydrogen-bond acceptors (Lipinski definition) is 8. The average Bonchev–Trinajstić information content (AvgIpc) is 3.14. The monoisotopic (exact) mass is 605 g/mol. The Labute approximate surface area is 236 Å². The van der Waals surface area contributed by atoms with E-state index < -0.39 is 47.0 Å². The molecule has 1 aliphatic rings. The van der Waals surface area contributed by atoms with Crippen LogP contribution < -0.4 is 10.1 Å². The molecule has 38 heavy (non-hydrogen) atoms. The molecule has 0 aromatic heterocycles. The van der Waals surface area contributed by atoms with Crippen LogP contribution in [0.1, 0.15) is 46.9 Å². The summed E-state index contributed by atoms with van der Waals surface area (Å²) in [5.41, 5.74) is -1.19. The number of anilines is 1. The highest BCUT2D eigenvalue weighted by atomic mass is 35.5. The van der Waals surface area contributed by atoms with Crippen molar-refractivity contribution in [3.63, 3.8) is 0 Å². The number of nitrogens with one attached hydrogen (secondary N) is 1. The second-order valence-electron chi connectivity index (χ2n) is 7.94. The van der Waals surface area contributed by atoms with Crippen LogP contribution in [0.15, 0.2) is 18.2 Å². The molecule has 2 aromatic carbocycles. The summed E-state index contributed by atoms with van der Waals surface area (Å²) in [6.45, 7) is 0.963. The van der Waals surface area contributed by atoms with Crippen LogP contribution in [-0.2, 0) is 14.3 Å². The van der Waals surface area contributed by atoms with E-state index in [1.54, 1.807) is 0 Å². The lowest BCUT2D eigenvalue weighted by Gasteiger charge is -2.24. The first-order chi connectivity index (χ1) is 17.9. The topological polar surface area (TPSA) is 145 Å². The summed E-state index contributed by atoms with van der Waals surface area (Å²) < 4.78 is 10.1. The summed E-state index contributed by atoms with van der Waals surface area (Å²) in [4.78, 5) is 63.1. The smallest absolute Gasteiger partial charge is 0.329 e. The lowest BCUT2D eigenvalue weighted by molar-refractivity contribution is -0.383. The number of nitrogens with zero attached hydrogens (tertiary/aromatic N) is 2. The number of methoxy groups -OCH3 is 1. The third-order valence-electron chi connectivity index (χ3n) is 5.57. The first-order valence-electron chi connectivity index (χ1n) is 11.0. The van der Waals surface area contributed by atoms with Crippen molar-refractivity contribution < 1.29 is 33.6 Å². The number of fused-ring (bicyclic) bond motifs is 1. The van der Waals surface area contributed by atoms with Gasteiger partial charge in [0, 0.05) is 12.1 Å². The van der Waals surface area contributed by atoms with Gasteiger partial charge in [-0.15, -0.1) is 0 Å². The van der Waals surface area contributed by atoms with Gasteiger partial charge in [-0.3, -0.25) is 29.4 Å². The van der Waals surface area contributed by atoms with Gasteiger partial charge in [0.1, 0.15) is 17.5 Å². The van der Waals surface area contributed by atoms with Gasteiger partial charge in [-0.25, -0.2) is 4.79 Å². The van der Waals surface area contributed by atoms with Gasteiger partial charge in [0.15, 0.2) is 6.61 Å². The highest BCUT2D eigenvalue weighted by Crippen LogP contribution is 2.45. The highest BCUT2D eigenvalue weighted by Gasteiger charge is 2.47. The molecule has 3 rings (SSSR count). The second kappa shape index (κ2) is 12.2. The van der Waals surface area contributed by atoms with Crippen molar-refractivity contribution in [3.05, 3.63) is 59.5 Å². The zero-order valence-corrected chi connectivity index (χ0v) is 22.8. The van der Waals surface area contributed by atoms with Crippen LogP contribution >= 0.6 is 46.4 Å². The van der Waals surface area contributed by atoms with Crippen LogP contribution in [0.3, 0.4) is 0 Å². The van der Waals surface area contributed by atoms with Crippen molar-refractivity contribution in [1.29, 1.82) is 0 Å². The van der Waals surface area contributed by atoms with E-state index in [1.165, 1.54) is 19.2 Å². The Bertz CT molecular complexity index is 1300. The minimum atomic E-state index is -1.43. The number of carbonyl (C=O) groups excluding carboxylic acids is 4. The second-order valence-corrected chi connectivity index (χ2v) is 9.45. The van der Waals surface area contributed by atoms with E-state index in [1.807, 2.05) is 6.92 Å². The molecule has 0 fully saturated rings. The number of unbranched alkanes of at least 4 members (excludes halogenated alkanes) is 1. The lowest BCUT2D eigenvalue weighted by atomic mass is 10.1. The van der Waals surface area contributed by atoms with E-state index >= 15 is 0 Å². The standard InChI is InChI=1S/C23H19Cl4N3O8/c1-3-4-5-13(29-21(32)15-16(22(29)33)18(25)20(27)19(26)17(15)24)23(34)38-9-14(31)28-11-8-10(37-2)6-7-12(11)30(35)36/h6-8,13H,3-5,9H2,1-2H3,(H,28,31)/t13-/m0/s1. The van der Waals surface area contributed by atoms with E-state index in [2.05, 4.69) is 5.32 Å². The summed E-state index contributed by atoms with van der Waals surface area (Å²) in [7, 11) is 1.34. The molecule has 0 radical (unpaired) electrons.